The zero-order chi connectivity index (χ0) is 31.4. The molecule has 0 atom stereocenters. The molecule has 0 unspecified atom stereocenters. The minimum atomic E-state index is -0.509. The van der Waals surface area contributed by atoms with Gasteiger partial charge in [-0.15, -0.1) is 0 Å². The number of amides is 2. The predicted octanol–water partition coefficient (Wildman–Crippen LogP) is 6.17. The molecule has 3 fully saturated rings. The highest BCUT2D eigenvalue weighted by molar-refractivity contribution is 5.94. The van der Waals surface area contributed by atoms with Gasteiger partial charge < -0.3 is 25.2 Å². The van der Waals surface area contributed by atoms with Crippen LogP contribution in [0.5, 0.6) is 0 Å². The SMILES string of the molecule is CC(C)(C)OC(=O)N1CCC(NC(=O)C2CCN(c3nc(-c4ccnc(NC5CCCCC5)c4)cc4cnccc34)CC2)CC1. The van der Waals surface area contributed by atoms with Gasteiger partial charge in [-0.2, -0.15) is 0 Å². The minimum absolute atomic E-state index is 0.0325. The highest BCUT2D eigenvalue weighted by atomic mass is 16.6. The van der Waals surface area contributed by atoms with Crippen LogP contribution in [0.4, 0.5) is 16.4 Å². The van der Waals surface area contributed by atoms with Gasteiger partial charge in [0, 0.05) is 79.1 Å². The number of likely N-dealkylation sites (tertiary alicyclic amines) is 1. The number of fused-ring (bicyclic) bond motifs is 1. The van der Waals surface area contributed by atoms with Crippen LogP contribution in [0.25, 0.3) is 22.0 Å². The molecule has 1 aliphatic carbocycles. The van der Waals surface area contributed by atoms with Crippen LogP contribution in [0.3, 0.4) is 0 Å². The number of nitrogens with zero attached hydrogens (tertiary/aromatic N) is 5. The molecule has 2 aliphatic heterocycles. The second-order valence-corrected chi connectivity index (χ2v) is 13.8. The number of aromatic nitrogens is 3. The molecule has 240 valence electrons. The Morgan fingerprint density at radius 3 is 2.38 bits per heavy atom. The summed E-state index contributed by atoms with van der Waals surface area (Å²) >= 11 is 0. The van der Waals surface area contributed by atoms with E-state index in [-0.39, 0.29) is 24.0 Å². The maximum absolute atomic E-state index is 13.3. The Balaban J connectivity index is 1.08. The molecule has 2 N–H and O–H groups in total. The first kappa shape index (κ1) is 31.0. The molecule has 10 nitrogen and oxygen atoms in total. The van der Waals surface area contributed by atoms with Gasteiger partial charge in [-0.25, -0.2) is 14.8 Å². The summed E-state index contributed by atoms with van der Waals surface area (Å²) in [5.41, 5.74) is 1.42. The van der Waals surface area contributed by atoms with Crippen molar-refractivity contribution in [3.63, 3.8) is 0 Å². The number of carbonyl (C=O) groups excluding carboxylic acids is 2. The van der Waals surface area contributed by atoms with Crippen molar-refractivity contribution in [1.82, 2.24) is 25.2 Å². The van der Waals surface area contributed by atoms with Crippen molar-refractivity contribution in [3.05, 3.63) is 42.9 Å². The lowest BCUT2D eigenvalue weighted by atomic mass is 9.94. The molecular formula is C35H47N7O3. The summed E-state index contributed by atoms with van der Waals surface area (Å²) in [4.78, 5) is 43.9. The second-order valence-electron chi connectivity index (χ2n) is 13.8. The van der Waals surface area contributed by atoms with Crippen LogP contribution in [0.15, 0.2) is 42.9 Å². The molecule has 0 radical (unpaired) electrons. The van der Waals surface area contributed by atoms with Gasteiger partial charge in [0.05, 0.1) is 5.69 Å². The van der Waals surface area contributed by atoms with E-state index in [1.165, 1.54) is 32.1 Å². The van der Waals surface area contributed by atoms with Gasteiger partial charge in [-0.3, -0.25) is 9.78 Å². The van der Waals surface area contributed by atoms with Crippen molar-refractivity contribution in [1.29, 1.82) is 0 Å². The number of rotatable bonds is 6. The first-order valence-electron chi connectivity index (χ1n) is 16.7. The van der Waals surface area contributed by atoms with Crippen LogP contribution in [0, 0.1) is 5.92 Å². The molecule has 45 heavy (non-hydrogen) atoms. The van der Waals surface area contributed by atoms with E-state index in [2.05, 4.69) is 37.6 Å². The largest absolute Gasteiger partial charge is 0.444 e. The zero-order valence-electron chi connectivity index (χ0n) is 26.9. The Morgan fingerprint density at radius 2 is 1.64 bits per heavy atom. The molecule has 0 aromatic carbocycles. The monoisotopic (exact) mass is 613 g/mol. The number of carbonyl (C=O) groups is 2. The molecule has 0 bridgehead atoms. The Kier molecular flexibility index (Phi) is 9.37. The summed E-state index contributed by atoms with van der Waals surface area (Å²) in [6.07, 6.45) is 14.6. The van der Waals surface area contributed by atoms with Crippen LogP contribution >= 0.6 is 0 Å². The Labute approximate surface area is 266 Å². The van der Waals surface area contributed by atoms with Crippen LogP contribution < -0.4 is 15.5 Å². The maximum Gasteiger partial charge on any atom is 0.410 e. The fourth-order valence-electron chi connectivity index (χ4n) is 6.80. The van der Waals surface area contributed by atoms with E-state index < -0.39 is 5.60 Å². The van der Waals surface area contributed by atoms with E-state index in [1.54, 1.807) is 4.90 Å². The zero-order valence-corrected chi connectivity index (χ0v) is 26.9. The summed E-state index contributed by atoms with van der Waals surface area (Å²) in [5, 5.41) is 9.04. The van der Waals surface area contributed by atoms with Crippen molar-refractivity contribution in [2.45, 2.75) is 96.2 Å². The third kappa shape index (κ3) is 7.83. The van der Waals surface area contributed by atoms with Crippen LogP contribution in [-0.4, -0.2) is 75.7 Å². The van der Waals surface area contributed by atoms with Crippen LogP contribution in [-0.2, 0) is 9.53 Å². The third-order valence-electron chi connectivity index (χ3n) is 9.28. The molecule has 5 heterocycles. The van der Waals surface area contributed by atoms with E-state index in [4.69, 9.17) is 9.72 Å². The van der Waals surface area contributed by atoms with Gasteiger partial charge in [0.2, 0.25) is 5.91 Å². The van der Waals surface area contributed by atoms with Gasteiger partial charge in [0.1, 0.15) is 17.2 Å². The highest BCUT2D eigenvalue weighted by Gasteiger charge is 2.31. The normalized spacial score (nSPS) is 19.0. The fourth-order valence-corrected chi connectivity index (χ4v) is 6.80. The number of piperidine rings is 2. The lowest BCUT2D eigenvalue weighted by molar-refractivity contribution is -0.126. The average Bonchev–Trinajstić information content (AvgIpc) is 3.04. The van der Waals surface area contributed by atoms with Crippen molar-refractivity contribution >= 4 is 34.4 Å². The predicted molar refractivity (Wildman–Crippen MR) is 177 cm³/mol. The van der Waals surface area contributed by atoms with E-state index in [0.29, 0.717) is 19.1 Å². The number of pyridine rings is 3. The molecule has 0 spiro atoms. The van der Waals surface area contributed by atoms with Crippen LogP contribution in [0.1, 0.15) is 78.6 Å². The molecule has 3 aromatic heterocycles. The number of nitrogens with one attached hydrogen (secondary N) is 2. The Hall–Kier alpha value is -3.95. The summed E-state index contributed by atoms with van der Waals surface area (Å²) in [6, 6.07) is 8.84. The molecular weight excluding hydrogens is 566 g/mol. The summed E-state index contributed by atoms with van der Waals surface area (Å²) in [5.74, 6) is 1.93. The first-order chi connectivity index (χ1) is 21.7. The number of anilines is 2. The van der Waals surface area contributed by atoms with Gasteiger partial charge >= 0.3 is 6.09 Å². The first-order valence-corrected chi connectivity index (χ1v) is 16.7. The molecule has 1 saturated carbocycles. The highest BCUT2D eigenvalue weighted by Crippen LogP contribution is 2.33. The van der Waals surface area contributed by atoms with E-state index in [0.717, 1.165) is 72.4 Å². The van der Waals surface area contributed by atoms with Crippen LogP contribution in [0.2, 0.25) is 0 Å². The summed E-state index contributed by atoms with van der Waals surface area (Å²) < 4.78 is 5.51. The molecule has 10 heteroatoms. The Bertz CT molecular complexity index is 1480. The van der Waals surface area contributed by atoms with E-state index in [1.807, 2.05) is 51.5 Å². The lowest BCUT2D eigenvalue weighted by Gasteiger charge is -2.36. The maximum atomic E-state index is 13.3. The van der Waals surface area contributed by atoms with Crippen molar-refractivity contribution in [2.75, 3.05) is 36.4 Å². The summed E-state index contributed by atoms with van der Waals surface area (Å²) in [6.45, 7) is 8.34. The summed E-state index contributed by atoms with van der Waals surface area (Å²) in [7, 11) is 0. The smallest absolute Gasteiger partial charge is 0.410 e. The van der Waals surface area contributed by atoms with Gasteiger partial charge in [0.25, 0.3) is 0 Å². The van der Waals surface area contributed by atoms with Gasteiger partial charge in [-0.1, -0.05) is 19.3 Å². The second kappa shape index (κ2) is 13.6. The van der Waals surface area contributed by atoms with Crippen molar-refractivity contribution in [2.24, 2.45) is 5.92 Å². The Morgan fingerprint density at radius 1 is 0.889 bits per heavy atom. The van der Waals surface area contributed by atoms with Crippen molar-refractivity contribution in [3.8, 4) is 11.3 Å². The fraction of sp³-hybridized carbons (Fsp3) is 0.571. The van der Waals surface area contributed by atoms with E-state index in [9.17, 15) is 9.59 Å². The van der Waals surface area contributed by atoms with Gasteiger partial charge in [-0.05, 0) is 83.6 Å². The van der Waals surface area contributed by atoms with Gasteiger partial charge in [0.15, 0.2) is 0 Å². The number of hydrogen-bond acceptors (Lipinski definition) is 8. The van der Waals surface area contributed by atoms with Crippen molar-refractivity contribution < 1.29 is 14.3 Å². The molecule has 6 rings (SSSR count). The van der Waals surface area contributed by atoms with E-state index >= 15 is 0 Å². The third-order valence-corrected chi connectivity index (χ3v) is 9.28. The topological polar surface area (TPSA) is 113 Å². The quantitative estimate of drug-likeness (QED) is 0.340. The minimum Gasteiger partial charge on any atom is -0.444 e. The molecule has 3 aliphatic rings. The molecule has 2 amide bonds. The molecule has 2 saturated heterocycles. The number of ether oxygens (including phenoxy) is 1. The number of hydrogen-bond donors (Lipinski definition) is 2. The molecule has 3 aromatic rings. The standard InChI is InChI=1S/C35H47N7O3/c1-35(2,3)45-34(44)42-19-13-28(14-20-42)39-33(43)24-11-17-41(18-12-24)32-29-10-15-36-23-26(29)21-30(40-32)25-9-16-37-31(22-25)38-27-7-5-4-6-8-27/h9-10,15-16,21-24,27-28H,4-8,11-14,17-20H2,1-3H3,(H,37,38)(H,39,43). The lowest BCUT2D eigenvalue weighted by Crippen LogP contribution is -2.50. The average molecular weight is 614 g/mol.